The van der Waals surface area contributed by atoms with Crippen molar-refractivity contribution in [2.24, 2.45) is 24.8 Å². The molecule has 0 aliphatic heterocycles. The van der Waals surface area contributed by atoms with Gasteiger partial charge in [0.05, 0.1) is 11.6 Å². The average molecular weight is 328 g/mol. The number of nitrogens with one attached hydrogen (secondary N) is 2. The summed E-state index contributed by atoms with van der Waals surface area (Å²) < 4.78 is 1.72. The second-order valence-corrected chi connectivity index (χ2v) is 7.14. The van der Waals surface area contributed by atoms with Crippen LogP contribution in [0.25, 0.3) is 11.0 Å². The van der Waals surface area contributed by atoms with Gasteiger partial charge >= 0.3 is 0 Å². The molecule has 24 heavy (non-hydrogen) atoms. The van der Waals surface area contributed by atoms with Crippen molar-refractivity contribution in [2.75, 3.05) is 18.4 Å². The Balaban J connectivity index is 1.23. The first-order valence-corrected chi connectivity index (χ1v) is 8.84. The Hall–Kier alpha value is -2.18. The molecular formula is C17H24N6O. The summed E-state index contributed by atoms with van der Waals surface area (Å²) in [5.74, 6) is 3.26. The molecule has 3 atom stereocenters. The second-order valence-electron chi connectivity index (χ2n) is 7.14. The third-order valence-electron chi connectivity index (χ3n) is 5.60. The molecular weight excluding hydrogens is 304 g/mol. The highest BCUT2D eigenvalue weighted by molar-refractivity contribution is 5.86. The highest BCUT2D eigenvalue weighted by atomic mass is 16.1. The zero-order valence-corrected chi connectivity index (χ0v) is 14.0. The molecule has 128 valence electrons. The van der Waals surface area contributed by atoms with E-state index in [1.54, 1.807) is 10.9 Å². The molecule has 7 nitrogen and oxygen atoms in total. The summed E-state index contributed by atoms with van der Waals surface area (Å²) in [7, 11) is 1.86. The van der Waals surface area contributed by atoms with Crippen LogP contribution in [-0.4, -0.2) is 38.7 Å². The third kappa shape index (κ3) is 2.95. The van der Waals surface area contributed by atoms with Crippen LogP contribution in [0.1, 0.15) is 32.1 Å². The SMILES string of the molecule is Cn1ncc2c(NCCNC(=O)CC3CC4CCC3C4)ncnc21. The van der Waals surface area contributed by atoms with Crippen LogP contribution in [0.5, 0.6) is 0 Å². The molecule has 2 aliphatic carbocycles. The largest absolute Gasteiger partial charge is 0.368 e. The van der Waals surface area contributed by atoms with Gasteiger partial charge in [0.1, 0.15) is 12.1 Å². The molecule has 3 unspecified atom stereocenters. The lowest BCUT2D eigenvalue weighted by molar-refractivity contribution is -0.122. The summed E-state index contributed by atoms with van der Waals surface area (Å²) >= 11 is 0. The average Bonchev–Trinajstić information content (AvgIpc) is 3.28. The normalized spacial score (nSPS) is 25.3. The molecule has 2 aliphatic rings. The lowest BCUT2D eigenvalue weighted by Gasteiger charge is -2.20. The Kier molecular flexibility index (Phi) is 4.08. The molecule has 2 fully saturated rings. The van der Waals surface area contributed by atoms with Gasteiger partial charge in [0.15, 0.2) is 5.65 Å². The van der Waals surface area contributed by atoms with Crippen molar-refractivity contribution in [2.45, 2.75) is 32.1 Å². The lowest BCUT2D eigenvalue weighted by Crippen LogP contribution is -2.31. The fourth-order valence-corrected chi connectivity index (χ4v) is 4.42. The summed E-state index contributed by atoms with van der Waals surface area (Å²) in [5, 5.41) is 11.4. The van der Waals surface area contributed by atoms with Crippen LogP contribution in [0.3, 0.4) is 0 Å². The van der Waals surface area contributed by atoms with Crippen molar-refractivity contribution in [1.29, 1.82) is 0 Å². The fourth-order valence-electron chi connectivity index (χ4n) is 4.42. The van der Waals surface area contributed by atoms with Gasteiger partial charge in [-0.3, -0.25) is 9.48 Å². The molecule has 0 saturated heterocycles. The number of hydrogen-bond donors (Lipinski definition) is 2. The predicted molar refractivity (Wildman–Crippen MR) is 91.4 cm³/mol. The second kappa shape index (κ2) is 6.37. The van der Waals surface area contributed by atoms with E-state index in [1.165, 1.54) is 32.0 Å². The van der Waals surface area contributed by atoms with Gasteiger partial charge in [-0.1, -0.05) is 6.42 Å². The quantitative estimate of drug-likeness (QED) is 0.789. The number of rotatable bonds is 6. The summed E-state index contributed by atoms with van der Waals surface area (Å²) in [6, 6.07) is 0. The number of carbonyl (C=O) groups excluding carboxylic acids is 1. The van der Waals surface area contributed by atoms with E-state index >= 15 is 0 Å². The van der Waals surface area contributed by atoms with Crippen LogP contribution in [0.2, 0.25) is 0 Å². The maximum atomic E-state index is 12.1. The third-order valence-corrected chi connectivity index (χ3v) is 5.60. The highest BCUT2D eigenvalue weighted by Gasteiger charge is 2.39. The minimum Gasteiger partial charge on any atom is -0.368 e. The number of aryl methyl sites for hydroxylation is 1. The van der Waals surface area contributed by atoms with Gasteiger partial charge in [-0.05, 0) is 37.0 Å². The molecule has 0 radical (unpaired) electrons. The van der Waals surface area contributed by atoms with Crippen molar-refractivity contribution in [1.82, 2.24) is 25.1 Å². The molecule has 2 aromatic rings. The van der Waals surface area contributed by atoms with E-state index < -0.39 is 0 Å². The minimum absolute atomic E-state index is 0.184. The molecule has 2 N–H and O–H groups in total. The summed E-state index contributed by atoms with van der Waals surface area (Å²) in [5.41, 5.74) is 0.799. The van der Waals surface area contributed by atoms with Crippen molar-refractivity contribution in [3.63, 3.8) is 0 Å². The first-order chi connectivity index (χ1) is 11.7. The van der Waals surface area contributed by atoms with E-state index in [9.17, 15) is 4.79 Å². The van der Waals surface area contributed by atoms with Gasteiger partial charge in [0, 0.05) is 26.6 Å². The van der Waals surface area contributed by atoms with Gasteiger partial charge < -0.3 is 10.6 Å². The molecule has 2 bridgehead atoms. The number of hydrogen-bond acceptors (Lipinski definition) is 5. The van der Waals surface area contributed by atoms with Gasteiger partial charge in [0.25, 0.3) is 0 Å². The smallest absolute Gasteiger partial charge is 0.220 e. The number of anilines is 1. The van der Waals surface area contributed by atoms with E-state index in [4.69, 9.17) is 0 Å². The number of fused-ring (bicyclic) bond motifs is 3. The maximum absolute atomic E-state index is 12.1. The molecule has 4 rings (SSSR count). The van der Waals surface area contributed by atoms with Crippen molar-refractivity contribution >= 4 is 22.8 Å². The standard InChI is InChI=1S/C17H24N6O/c1-23-17-14(9-22-23)16(20-10-21-17)19-5-4-18-15(24)8-13-7-11-2-3-12(13)6-11/h9-13H,2-8H2,1H3,(H,18,24)(H,19,20,21). The Morgan fingerprint density at radius 2 is 2.21 bits per heavy atom. The monoisotopic (exact) mass is 328 g/mol. The molecule has 7 heteroatoms. The lowest BCUT2D eigenvalue weighted by atomic mass is 9.86. The maximum Gasteiger partial charge on any atom is 0.220 e. The molecule has 2 saturated carbocycles. The topological polar surface area (TPSA) is 84.7 Å². The van der Waals surface area contributed by atoms with E-state index in [1.807, 2.05) is 7.05 Å². The Morgan fingerprint density at radius 1 is 1.29 bits per heavy atom. The van der Waals surface area contributed by atoms with Crippen LogP contribution < -0.4 is 10.6 Å². The zero-order chi connectivity index (χ0) is 16.5. The van der Waals surface area contributed by atoms with E-state index in [-0.39, 0.29) is 5.91 Å². The minimum atomic E-state index is 0.184. The molecule has 2 heterocycles. The highest BCUT2D eigenvalue weighted by Crippen LogP contribution is 2.49. The Labute approximate surface area is 141 Å². The number of aromatic nitrogens is 4. The number of carbonyl (C=O) groups is 1. The van der Waals surface area contributed by atoms with Crippen molar-refractivity contribution < 1.29 is 4.79 Å². The van der Waals surface area contributed by atoms with Crippen LogP contribution >= 0.6 is 0 Å². The van der Waals surface area contributed by atoms with E-state index in [0.29, 0.717) is 25.4 Å². The first kappa shape index (κ1) is 15.4. The Morgan fingerprint density at radius 3 is 3.00 bits per heavy atom. The van der Waals surface area contributed by atoms with Crippen LogP contribution in [-0.2, 0) is 11.8 Å². The molecule has 0 spiro atoms. The predicted octanol–water partition coefficient (Wildman–Crippen LogP) is 1.72. The van der Waals surface area contributed by atoms with Gasteiger partial charge in [-0.2, -0.15) is 5.10 Å². The van der Waals surface area contributed by atoms with Crippen molar-refractivity contribution in [3.05, 3.63) is 12.5 Å². The van der Waals surface area contributed by atoms with Gasteiger partial charge in [-0.15, -0.1) is 0 Å². The van der Waals surface area contributed by atoms with Crippen molar-refractivity contribution in [3.8, 4) is 0 Å². The summed E-state index contributed by atoms with van der Waals surface area (Å²) in [4.78, 5) is 20.6. The summed E-state index contributed by atoms with van der Waals surface area (Å²) in [6.45, 7) is 1.24. The Bertz CT molecular complexity index is 742. The molecule has 1 amide bonds. The number of amides is 1. The molecule has 0 aromatic carbocycles. The fraction of sp³-hybridized carbons (Fsp3) is 0.647. The van der Waals surface area contributed by atoms with E-state index in [0.717, 1.165) is 28.7 Å². The van der Waals surface area contributed by atoms with Crippen LogP contribution in [0, 0.1) is 17.8 Å². The number of nitrogens with zero attached hydrogens (tertiary/aromatic N) is 4. The van der Waals surface area contributed by atoms with Crippen LogP contribution in [0.15, 0.2) is 12.5 Å². The van der Waals surface area contributed by atoms with Crippen LogP contribution in [0.4, 0.5) is 5.82 Å². The van der Waals surface area contributed by atoms with Gasteiger partial charge in [0.2, 0.25) is 5.91 Å². The van der Waals surface area contributed by atoms with E-state index in [2.05, 4.69) is 25.7 Å². The molecule has 2 aromatic heterocycles. The van der Waals surface area contributed by atoms with Gasteiger partial charge in [-0.25, -0.2) is 9.97 Å². The first-order valence-electron chi connectivity index (χ1n) is 8.84. The summed E-state index contributed by atoms with van der Waals surface area (Å²) in [6.07, 6.45) is 9.31. The zero-order valence-electron chi connectivity index (χ0n) is 14.0.